The standard InChI is InChI=1S/C21H23NO/c23-20(22-19-13-12-16-8-4-5-11-18(16)19)21(14-6-7-15-21)17-9-2-1-3-10-17/h1-5,8-11,19H,6-7,12-15H2,(H,22,23)/t19-/m0/s1. The monoisotopic (exact) mass is 305 g/mol. The first-order valence-corrected chi connectivity index (χ1v) is 8.74. The molecule has 4 rings (SSSR count). The van der Waals surface area contributed by atoms with Crippen LogP contribution in [0.4, 0.5) is 0 Å². The molecule has 2 aromatic carbocycles. The molecule has 0 unspecified atom stereocenters. The Morgan fingerprint density at radius 2 is 1.65 bits per heavy atom. The van der Waals surface area contributed by atoms with Gasteiger partial charge in [0.25, 0.3) is 0 Å². The Morgan fingerprint density at radius 3 is 2.43 bits per heavy atom. The number of rotatable bonds is 3. The normalized spacial score (nSPS) is 21.8. The molecule has 0 bridgehead atoms. The summed E-state index contributed by atoms with van der Waals surface area (Å²) in [5, 5.41) is 3.38. The number of carbonyl (C=O) groups is 1. The average Bonchev–Trinajstić information content (AvgIpc) is 3.24. The van der Waals surface area contributed by atoms with Gasteiger partial charge >= 0.3 is 0 Å². The molecule has 23 heavy (non-hydrogen) atoms. The molecule has 2 aliphatic rings. The topological polar surface area (TPSA) is 29.1 Å². The van der Waals surface area contributed by atoms with Crippen LogP contribution in [0, 0.1) is 0 Å². The van der Waals surface area contributed by atoms with E-state index in [1.54, 1.807) is 0 Å². The number of carbonyl (C=O) groups excluding carboxylic acids is 1. The number of fused-ring (bicyclic) bond motifs is 1. The minimum atomic E-state index is -0.321. The number of hydrogen-bond donors (Lipinski definition) is 1. The second-order valence-corrected chi connectivity index (χ2v) is 6.92. The third-order valence-corrected chi connectivity index (χ3v) is 5.66. The first-order chi connectivity index (χ1) is 11.3. The van der Waals surface area contributed by atoms with E-state index in [0.29, 0.717) is 0 Å². The number of amides is 1. The minimum Gasteiger partial charge on any atom is -0.349 e. The van der Waals surface area contributed by atoms with Crippen molar-refractivity contribution in [3.05, 3.63) is 71.3 Å². The van der Waals surface area contributed by atoms with Gasteiger partial charge in [-0.15, -0.1) is 0 Å². The summed E-state index contributed by atoms with van der Waals surface area (Å²) < 4.78 is 0. The van der Waals surface area contributed by atoms with E-state index >= 15 is 0 Å². The van der Waals surface area contributed by atoms with Gasteiger partial charge in [-0.05, 0) is 42.4 Å². The highest BCUT2D eigenvalue weighted by molar-refractivity contribution is 5.89. The van der Waals surface area contributed by atoms with Crippen molar-refractivity contribution in [3.63, 3.8) is 0 Å². The molecule has 1 amide bonds. The summed E-state index contributed by atoms with van der Waals surface area (Å²) in [6.07, 6.45) is 6.32. The predicted octanol–water partition coefficient (Wildman–Crippen LogP) is 4.30. The van der Waals surface area contributed by atoms with E-state index in [1.165, 1.54) is 16.7 Å². The van der Waals surface area contributed by atoms with E-state index in [1.807, 2.05) is 18.2 Å². The highest BCUT2D eigenvalue weighted by atomic mass is 16.2. The summed E-state index contributed by atoms with van der Waals surface area (Å²) in [6.45, 7) is 0. The molecule has 2 heteroatoms. The lowest BCUT2D eigenvalue weighted by Gasteiger charge is -2.30. The second kappa shape index (κ2) is 5.84. The summed E-state index contributed by atoms with van der Waals surface area (Å²) >= 11 is 0. The van der Waals surface area contributed by atoms with Crippen molar-refractivity contribution < 1.29 is 4.79 Å². The van der Waals surface area contributed by atoms with Gasteiger partial charge in [-0.1, -0.05) is 67.4 Å². The van der Waals surface area contributed by atoms with E-state index in [-0.39, 0.29) is 17.4 Å². The molecule has 0 aliphatic heterocycles. The SMILES string of the molecule is O=C(N[C@H]1CCc2ccccc21)C1(c2ccccc2)CCCC1. The quantitative estimate of drug-likeness (QED) is 0.900. The zero-order valence-corrected chi connectivity index (χ0v) is 13.4. The summed E-state index contributed by atoms with van der Waals surface area (Å²) in [7, 11) is 0. The van der Waals surface area contributed by atoms with Crippen molar-refractivity contribution in [2.75, 3.05) is 0 Å². The zero-order chi connectivity index (χ0) is 15.7. The molecule has 0 aromatic heterocycles. The lowest BCUT2D eigenvalue weighted by molar-refractivity contribution is -0.127. The van der Waals surface area contributed by atoms with Gasteiger partial charge in [0.2, 0.25) is 5.91 Å². The molecular weight excluding hydrogens is 282 g/mol. The third-order valence-electron chi connectivity index (χ3n) is 5.66. The van der Waals surface area contributed by atoms with Gasteiger partial charge in [-0.3, -0.25) is 4.79 Å². The Bertz CT molecular complexity index is 701. The molecule has 2 nitrogen and oxygen atoms in total. The van der Waals surface area contributed by atoms with E-state index in [4.69, 9.17) is 0 Å². The van der Waals surface area contributed by atoms with Gasteiger partial charge in [0, 0.05) is 0 Å². The molecule has 2 aromatic rings. The van der Waals surface area contributed by atoms with E-state index in [2.05, 4.69) is 41.7 Å². The van der Waals surface area contributed by atoms with Crippen LogP contribution in [-0.2, 0) is 16.6 Å². The van der Waals surface area contributed by atoms with Crippen molar-refractivity contribution >= 4 is 5.91 Å². The smallest absolute Gasteiger partial charge is 0.231 e. The van der Waals surface area contributed by atoms with Crippen LogP contribution in [0.15, 0.2) is 54.6 Å². The zero-order valence-electron chi connectivity index (χ0n) is 13.4. The van der Waals surface area contributed by atoms with Gasteiger partial charge < -0.3 is 5.32 Å². The molecule has 0 heterocycles. The van der Waals surface area contributed by atoms with Crippen LogP contribution in [0.1, 0.15) is 54.8 Å². The fourth-order valence-electron chi connectivity index (χ4n) is 4.39. The molecule has 1 N–H and O–H groups in total. The van der Waals surface area contributed by atoms with Crippen molar-refractivity contribution in [1.82, 2.24) is 5.32 Å². The Hall–Kier alpha value is -2.09. The molecule has 2 aliphatic carbocycles. The van der Waals surface area contributed by atoms with Gasteiger partial charge in [-0.25, -0.2) is 0 Å². The maximum absolute atomic E-state index is 13.2. The summed E-state index contributed by atoms with van der Waals surface area (Å²) in [5.41, 5.74) is 3.56. The van der Waals surface area contributed by atoms with Crippen LogP contribution in [0.2, 0.25) is 0 Å². The first-order valence-electron chi connectivity index (χ1n) is 8.74. The Labute approximate surface area is 137 Å². The predicted molar refractivity (Wildman–Crippen MR) is 92.2 cm³/mol. The second-order valence-electron chi connectivity index (χ2n) is 6.92. The molecular formula is C21H23NO. The van der Waals surface area contributed by atoms with Crippen molar-refractivity contribution in [2.24, 2.45) is 0 Å². The van der Waals surface area contributed by atoms with Crippen molar-refractivity contribution in [3.8, 4) is 0 Å². The third kappa shape index (κ3) is 2.46. The molecule has 0 saturated heterocycles. The van der Waals surface area contributed by atoms with Crippen molar-refractivity contribution in [1.29, 1.82) is 0 Å². The van der Waals surface area contributed by atoms with E-state index < -0.39 is 0 Å². The van der Waals surface area contributed by atoms with Gasteiger partial charge in [0.05, 0.1) is 11.5 Å². The lowest BCUT2D eigenvalue weighted by atomic mass is 9.77. The number of nitrogens with one attached hydrogen (secondary N) is 1. The Balaban J connectivity index is 1.61. The fraction of sp³-hybridized carbons (Fsp3) is 0.381. The molecule has 118 valence electrons. The maximum atomic E-state index is 13.2. The highest BCUT2D eigenvalue weighted by Gasteiger charge is 2.43. The van der Waals surface area contributed by atoms with Crippen LogP contribution >= 0.6 is 0 Å². The minimum absolute atomic E-state index is 0.180. The van der Waals surface area contributed by atoms with Crippen molar-refractivity contribution in [2.45, 2.75) is 50.0 Å². The number of benzene rings is 2. The maximum Gasteiger partial charge on any atom is 0.231 e. The highest BCUT2D eigenvalue weighted by Crippen LogP contribution is 2.42. The van der Waals surface area contributed by atoms with E-state index in [9.17, 15) is 4.79 Å². The van der Waals surface area contributed by atoms with Crippen LogP contribution < -0.4 is 5.32 Å². The summed E-state index contributed by atoms with van der Waals surface area (Å²) in [4.78, 5) is 13.2. The number of aryl methyl sites for hydroxylation is 1. The molecule has 0 radical (unpaired) electrons. The van der Waals surface area contributed by atoms with Gasteiger partial charge in [0.1, 0.15) is 0 Å². The van der Waals surface area contributed by atoms with Gasteiger partial charge in [0.15, 0.2) is 0 Å². The average molecular weight is 305 g/mol. The van der Waals surface area contributed by atoms with Crippen LogP contribution in [0.25, 0.3) is 0 Å². The van der Waals surface area contributed by atoms with E-state index in [0.717, 1.165) is 38.5 Å². The fourth-order valence-corrected chi connectivity index (χ4v) is 4.39. The summed E-state index contributed by atoms with van der Waals surface area (Å²) in [6, 6.07) is 19.1. The Kier molecular flexibility index (Phi) is 3.68. The first kappa shape index (κ1) is 14.5. The summed E-state index contributed by atoms with van der Waals surface area (Å²) in [5.74, 6) is 0.225. The molecule has 0 spiro atoms. The van der Waals surface area contributed by atoms with Crippen LogP contribution in [-0.4, -0.2) is 5.91 Å². The largest absolute Gasteiger partial charge is 0.349 e. The molecule has 1 saturated carbocycles. The van der Waals surface area contributed by atoms with Gasteiger partial charge in [-0.2, -0.15) is 0 Å². The van der Waals surface area contributed by atoms with Crippen LogP contribution in [0.3, 0.4) is 0 Å². The van der Waals surface area contributed by atoms with Crippen LogP contribution in [0.5, 0.6) is 0 Å². The lowest BCUT2D eigenvalue weighted by Crippen LogP contribution is -2.43. The Morgan fingerprint density at radius 1 is 0.957 bits per heavy atom. The number of hydrogen-bond acceptors (Lipinski definition) is 1. The molecule has 1 atom stereocenters. The molecule has 1 fully saturated rings.